The first-order chi connectivity index (χ1) is 6.75. The van der Waals surface area contributed by atoms with Gasteiger partial charge in [0.15, 0.2) is 0 Å². The number of nitrogens with zero attached hydrogens (tertiary/aromatic N) is 1. The average Bonchev–Trinajstić information content (AvgIpc) is 2.64. The predicted molar refractivity (Wildman–Crippen MR) is 55.7 cm³/mol. The van der Waals surface area contributed by atoms with Gasteiger partial charge in [-0.25, -0.2) is 0 Å². The van der Waals surface area contributed by atoms with E-state index in [4.69, 9.17) is 10.2 Å². The number of hydrogen-bond donors (Lipinski definition) is 1. The molecule has 1 aliphatic rings. The maximum Gasteiger partial charge on any atom is 0.0947 e. The molecule has 2 atom stereocenters. The van der Waals surface area contributed by atoms with E-state index in [9.17, 15) is 0 Å². The van der Waals surface area contributed by atoms with Gasteiger partial charge in [-0.2, -0.15) is 0 Å². The van der Waals surface area contributed by atoms with Crippen molar-refractivity contribution < 1.29 is 4.42 Å². The molecule has 0 bridgehead atoms. The fraction of sp³-hybridized carbons (Fsp3) is 0.636. The van der Waals surface area contributed by atoms with Crippen molar-refractivity contribution >= 4 is 0 Å². The van der Waals surface area contributed by atoms with E-state index >= 15 is 0 Å². The lowest BCUT2D eigenvalue weighted by atomic mass is 9.95. The lowest BCUT2D eigenvalue weighted by Crippen LogP contribution is -2.45. The van der Waals surface area contributed by atoms with Crippen molar-refractivity contribution in [3.8, 4) is 0 Å². The normalized spacial score (nSPS) is 29.3. The first kappa shape index (κ1) is 9.74. The quantitative estimate of drug-likeness (QED) is 0.774. The maximum atomic E-state index is 5.97. The summed E-state index contributed by atoms with van der Waals surface area (Å²) in [4.78, 5) is 2.44. The Bertz CT molecular complexity index is 271. The number of rotatable bonds is 2. The van der Waals surface area contributed by atoms with Crippen LogP contribution in [0.25, 0.3) is 0 Å². The first-order valence-electron chi connectivity index (χ1n) is 5.24. The summed E-state index contributed by atoms with van der Waals surface area (Å²) in [5, 5.41) is 0. The topological polar surface area (TPSA) is 42.4 Å². The molecule has 0 spiro atoms. The third-order valence-corrected chi connectivity index (χ3v) is 3.04. The average molecular weight is 194 g/mol. The summed E-state index contributed by atoms with van der Waals surface area (Å²) < 4.78 is 5.05. The van der Waals surface area contributed by atoms with Crippen LogP contribution in [-0.2, 0) is 6.54 Å². The van der Waals surface area contributed by atoms with E-state index in [-0.39, 0.29) is 0 Å². The van der Waals surface area contributed by atoms with E-state index in [2.05, 4.69) is 11.8 Å². The van der Waals surface area contributed by atoms with Crippen molar-refractivity contribution in [3.63, 3.8) is 0 Å². The molecule has 2 unspecified atom stereocenters. The number of likely N-dealkylation sites (tertiary alicyclic amines) is 1. The Hall–Kier alpha value is -0.800. The minimum absolute atomic E-state index is 0.385. The lowest BCUT2D eigenvalue weighted by Gasteiger charge is -2.34. The second kappa shape index (κ2) is 4.15. The number of piperidine rings is 1. The van der Waals surface area contributed by atoms with Gasteiger partial charge in [0.2, 0.25) is 0 Å². The smallest absolute Gasteiger partial charge is 0.0947 e. The Kier molecular flexibility index (Phi) is 2.89. The molecule has 2 N–H and O–H groups in total. The third kappa shape index (κ3) is 2.16. The maximum absolute atomic E-state index is 5.97. The highest BCUT2D eigenvalue weighted by molar-refractivity contribution is 5.05. The molecular weight excluding hydrogens is 176 g/mol. The Morgan fingerprint density at radius 2 is 2.50 bits per heavy atom. The van der Waals surface area contributed by atoms with E-state index in [1.165, 1.54) is 5.56 Å². The summed E-state index contributed by atoms with van der Waals surface area (Å²) >= 11 is 0. The molecule has 14 heavy (non-hydrogen) atoms. The molecule has 3 heteroatoms. The highest BCUT2D eigenvalue weighted by Gasteiger charge is 2.22. The minimum atomic E-state index is 0.385. The SMILES string of the molecule is CC1CN(Cc2ccoc2)CCC1N. The summed E-state index contributed by atoms with van der Waals surface area (Å²) in [6.07, 6.45) is 4.66. The van der Waals surface area contributed by atoms with Gasteiger partial charge < -0.3 is 10.2 Å². The monoisotopic (exact) mass is 194 g/mol. The number of hydrogen-bond acceptors (Lipinski definition) is 3. The molecule has 0 aliphatic carbocycles. The molecule has 1 fully saturated rings. The van der Waals surface area contributed by atoms with Gasteiger partial charge >= 0.3 is 0 Å². The van der Waals surface area contributed by atoms with Crippen LogP contribution in [0.2, 0.25) is 0 Å². The van der Waals surface area contributed by atoms with Gasteiger partial charge in [-0.05, 0) is 24.9 Å². The Balaban J connectivity index is 1.88. The molecule has 0 amide bonds. The Labute approximate surface area is 84.9 Å². The van der Waals surface area contributed by atoms with Crippen LogP contribution in [0.3, 0.4) is 0 Å². The minimum Gasteiger partial charge on any atom is -0.472 e. The third-order valence-electron chi connectivity index (χ3n) is 3.04. The second-order valence-corrected chi connectivity index (χ2v) is 4.30. The fourth-order valence-electron chi connectivity index (χ4n) is 2.03. The highest BCUT2D eigenvalue weighted by Crippen LogP contribution is 2.17. The summed E-state index contributed by atoms with van der Waals surface area (Å²) in [5.74, 6) is 0.607. The molecule has 1 aromatic heterocycles. The van der Waals surface area contributed by atoms with Crippen LogP contribution in [0.15, 0.2) is 23.0 Å². The van der Waals surface area contributed by atoms with Crippen molar-refractivity contribution in [3.05, 3.63) is 24.2 Å². The zero-order valence-electron chi connectivity index (χ0n) is 8.65. The van der Waals surface area contributed by atoms with Crippen molar-refractivity contribution in [2.75, 3.05) is 13.1 Å². The van der Waals surface area contributed by atoms with E-state index in [0.717, 1.165) is 26.1 Å². The van der Waals surface area contributed by atoms with Crippen LogP contribution in [0.1, 0.15) is 18.9 Å². The zero-order chi connectivity index (χ0) is 9.97. The summed E-state index contributed by atoms with van der Waals surface area (Å²) in [6.45, 7) is 5.43. The van der Waals surface area contributed by atoms with Gasteiger partial charge in [0.25, 0.3) is 0 Å². The molecular formula is C11H18N2O. The van der Waals surface area contributed by atoms with Gasteiger partial charge in [0.1, 0.15) is 0 Å². The van der Waals surface area contributed by atoms with Gasteiger partial charge in [-0.3, -0.25) is 4.90 Å². The van der Waals surface area contributed by atoms with Crippen molar-refractivity contribution in [1.82, 2.24) is 4.90 Å². The molecule has 1 saturated heterocycles. The van der Waals surface area contributed by atoms with E-state index in [1.807, 2.05) is 12.3 Å². The largest absolute Gasteiger partial charge is 0.472 e. The van der Waals surface area contributed by atoms with Crippen molar-refractivity contribution in [1.29, 1.82) is 0 Å². The van der Waals surface area contributed by atoms with E-state index in [1.54, 1.807) is 6.26 Å². The molecule has 0 aromatic carbocycles. The summed E-state index contributed by atoms with van der Waals surface area (Å²) in [6, 6.07) is 2.41. The Morgan fingerprint density at radius 3 is 3.14 bits per heavy atom. The van der Waals surface area contributed by atoms with Gasteiger partial charge in [-0.15, -0.1) is 0 Å². The number of nitrogens with two attached hydrogens (primary N) is 1. The fourth-order valence-corrected chi connectivity index (χ4v) is 2.03. The van der Waals surface area contributed by atoms with Gasteiger partial charge in [0.05, 0.1) is 12.5 Å². The standard InChI is InChI=1S/C11H18N2O/c1-9-6-13(4-2-11(9)12)7-10-3-5-14-8-10/h3,5,8-9,11H,2,4,6-7,12H2,1H3. The zero-order valence-corrected chi connectivity index (χ0v) is 8.65. The molecule has 2 heterocycles. The van der Waals surface area contributed by atoms with Crippen molar-refractivity contribution in [2.24, 2.45) is 11.7 Å². The lowest BCUT2D eigenvalue weighted by molar-refractivity contribution is 0.157. The summed E-state index contributed by atoms with van der Waals surface area (Å²) in [5.41, 5.74) is 7.23. The van der Waals surface area contributed by atoms with Crippen LogP contribution in [0.5, 0.6) is 0 Å². The molecule has 78 valence electrons. The molecule has 1 aromatic rings. The first-order valence-corrected chi connectivity index (χ1v) is 5.24. The van der Waals surface area contributed by atoms with Crippen LogP contribution in [-0.4, -0.2) is 24.0 Å². The van der Waals surface area contributed by atoms with E-state index < -0.39 is 0 Å². The van der Waals surface area contributed by atoms with Crippen LogP contribution < -0.4 is 5.73 Å². The highest BCUT2D eigenvalue weighted by atomic mass is 16.3. The van der Waals surface area contributed by atoms with Crippen molar-refractivity contribution in [2.45, 2.75) is 25.9 Å². The Morgan fingerprint density at radius 1 is 1.64 bits per heavy atom. The van der Waals surface area contributed by atoms with E-state index in [0.29, 0.717) is 12.0 Å². The molecule has 0 saturated carbocycles. The summed E-state index contributed by atoms with van der Waals surface area (Å²) in [7, 11) is 0. The number of furan rings is 1. The molecule has 0 radical (unpaired) electrons. The predicted octanol–water partition coefficient (Wildman–Crippen LogP) is 1.45. The van der Waals surface area contributed by atoms with Gasteiger partial charge in [0, 0.05) is 24.7 Å². The molecule has 2 rings (SSSR count). The van der Waals surface area contributed by atoms with Crippen LogP contribution in [0, 0.1) is 5.92 Å². The van der Waals surface area contributed by atoms with Crippen LogP contribution >= 0.6 is 0 Å². The molecule has 1 aliphatic heterocycles. The van der Waals surface area contributed by atoms with Crippen LogP contribution in [0.4, 0.5) is 0 Å². The van der Waals surface area contributed by atoms with Gasteiger partial charge in [-0.1, -0.05) is 6.92 Å². The second-order valence-electron chi connectivity index (χ2n) is 4.30. The molecule has 3 nitrogen and oxygen atoms in total.